The highest BCUT2D eigenvalue weighted by Crippen LogP contribution is 2.51. The summed E-state index contributed by atoms with van der Waals surface area (Å²) in [7, 11) is 0. The van der Waals surface area contributed by atoms with Crippen molar-refractivity contribution in [1.29, 1.82) is 0 Å². The molecule has 0 spiro atoms. The molecule has 0 aliphatic heterocycles. The number of hydrogen-bond donors (Lipinski definition) is 0. The molecule has 262 valence electrons. The highest BCUT2D eigenvalue weighted by atomic mass is 14.4. The van der Waals surface area contributed by atoms with Gasteiger partial charge in [0.2, 0.25) is 0 Å². The summed E-state index contributed by atoms with van der Waals surface area (Å²) in [4.78, 5) is 0. The minimum absolute atomic E-state index is 0.339. The van der Waals surface area contributed by atoms with Crippen LogP contribution in [-0.4, -0.2) is 0 Å². The van der Waals surface area contributed by atoms with Crippen LogP contribution in [-0.2, 0) is 0 Å². The maximum atomic E-state index is 2.50. The monoisotopic (exact) mass is 702 g/mol. The van der Waals surface area contributed by atoms with Crippen LogP contribution in [0, 0.1) is 6.92 Å². The summed E-state index contributed by atoms with van der Waals surface area (Å²) in [6.45, 7) is 2.28. The Morgan fingerprint density at radius 3 is 1.75 bits per heavy atom. The smallest absolute Gasteiger partial charge is 0.0137 e. The van der Waals surface area contributed by atoms with Gasteiger partial charge in [-0.05, 0) is 125 Å². The van der Waals surface area contributed by atoms with Gasteiger partial charge >= 0.3 is 0 Å². The summed E-state index contributed by atoms with van der Waals surface area (Å²) in [6, 6.07) is 61.5. The number of hydrogen-bond acceptors (Lipinski definition) is 0. The van der Waals surface area contributed by atoms with Crippen molar-refractivity contribution in [3.63, 3.8) is 0 Å². The third-order valence-corrected chi connectivity index (χ3v) is 12.9. The van der Waals surface area contributed by atoms with Crippen molar-refractivity contribution in [3.05, 3.63) is 210 Å². The van der Waals surface area contributed by atoms with E-state index in [-0.39, 0.29) is 0 Å². The summed E-state index contributed by atoms with van der Waals surface area (Å²) in [6.07, 6.45) is 11.1. The molecule has 0 nitrogen and oxygen atoms in total. The zero-order chi connectivity index (χ0) is 36.5. The molecular formula is C55H42. The molecule has 0 amide bonds. The molecule has 8 aromatic rings. The Balaban J connectivity index is 0.918. The van der Waals surface area contributed by atoms with E-state index in [1.54, 1.807) is 0 Å². The van der Waals surface area contributed by atoms with E-state index in [1.165, 1.54) is 119 Å². The van der Waals surface area contributed by atoms with E-state index < -0.39 is 0 Å². The highest BCUT2D eigenvalue weighted by Gasteiger charge is 2.32. The molecule has 0 aromatic heterocycles. The predicted molar refractivity (Wildman–Crippen MR) is 234 cm³/mol. The van der Waals surface area contributed by atoms with Crippen LogP contribution in [0.1, 0.15) is 64.8 Å². The van der Waals surface area contributed by atoms with Crippen molar-refractivity contribution < 1.29 is 0 Å². The Kier molecular flexibility index (Phi) is 7.59. The molecule has 0 bridgehead atoms. The van der Waals surface area contributed by atoms with Crippen LogP contribution in [0.15, 0.2) is 182 Å². The Hall–Kier alpha value is -6.24. The third-order valence-electron chi connectivity index (χ3n) is 12.9. The lowest BCUT2D eigenvalue weighted by Crippen LogP contribution is -2.17. The molecule has 0 radical (unpaired) electrons. The summed E-state index contributed by atoms with van der Waals surface area (Å²) in [5.74, 6) is 1.30. The lowest BCUT2D eigenvalue weighted by atomic mass is 9.69. The molecular weight excluding hydrogens is 661 g/mol. The quantitative estimate of drug-likeness (QED) is 0.157. The molecule has 0 saturated heterocycles. The van der Waals surface area contributed by atoms with Crippen LogP contribution in [0.4, 0.5) is 0 Å². The van der Waals surface area contributed by atoms with Crippen LogP contribution in [0.3, 0.4) is 0 Å². The summed E-state index contributed by atoms with van der Waals surface area (Å²) in [5, 5.41) is 5.37. The average Bonchev–Trinajstić information content (AvgIpc) is 3.23. The van der Waals surface area contributed by atoms with Gasteiger partial charge in [-0.3, -0.25) is 0 Å². The normalized spacial score (nSPS) is 17.3. The van der Waals surface area contributed by atoms with E-state index in [2.05, 4.69) is 189 Å². The Morgan fingerprint density at radius 1 is 0.455 bits per heavy atom. The van der Waals surface area contributed by atoms with Crippen LogP contribution >= 0.6 is 0 Å². The van der Waals surface area contributed by atoms with Crippen molar-refractivity contribution in [2.24, 2.45) is 0 Å². The van der Waals surface area contributed by atoms with Crippen molar-refractivity contribution in [3.8, 4) is 44.5 Å². The van der Waals surface area contributed by atoms with Gasteiger partial charge in [-0.15, -0.1) is 0 Å². The van der Waals surface area contributed by atoms with E-state index >= 15 is 0 Å². The fourth-order valence-electron chi connectivity index (χ4n) is 10.0. The number of fused-ring (bicyclic) bond motifs is 9. The SMILES string of the molecule is Cc1cc2ccccc2c2cccc(-c3cccc(-c4ccc(-c5ccc(C6=CC7c8ccccc8-c8ccccc8C7C=C6)cc5)cc4)c3C3CCC3)c12. The summed E-state index contributed by atoms with van der Waals surface area (Å²) >= 11 is 0. The molecule has 0 heterocycles. The minimum Gasteiger partial charge on any atom is -0.0755 e. The van der Waals surface area contributed by atoms with Crippen LogP contribution in [0.5, 0.6) is 0 Å². The van der Waals surface area contributed by atoms with Crippen LogP contribution < -0.4 is 0 Å². The topological polar surface area (TPSA) is 0 Å². The standard InChI is InChI=1S/C55H42/c1-35-33-42-11-2-3-14-43(42)50-20-10-21-51(54(35)50)52-22-9-19-44(55(52)40-12-8-13-40)39-29-27-37(28-30-39)36-23-25-38(26-24-36)41-31-32-49-47-17-5-4-15-45(47)46-16-6-7-18-48(46)53(49)34-41/h2-7,9-11,14-34,40,49,53H,8,12-13H2,1H3. The van der Waals surface area contributed by atoms with Crippen molar-refractivity contribution in [2.45, 2.75) is 43.9 Å². The maximum absolute atomic E-state index is 2.50. The maximum Gasteiger partial charge on any atom is 0.0137 e. The number of rotatable bonds is 5. The van der Waals surface area contributed by atoms with Crippen LogP contribution in [0.2, 0.25) is 0 Å². The van der Waals surface area contributed by atoms with Crippen molar-refractivity contribution >= 4 is 27.1 Å². The molecule has 3 aliphatic carbocycles. The molecule has 0 heteroatoms. The molecule has 3 aliphatic rings. The lowest BCUT2D eigenvalue weighted by Gasteiger charge is -2.35. The zero-order valence-electron chi connectivity index (χ0n) is 31.2. The molecule has 2 unspecified atom stereocenters. The average molecular weight is 703 g/mol. The predicted octanol–water partition coefficient (Wildman–Crippen LogP) is 15.1. The van der Waals surface area contributed by atoms with Gasteiger partial charge in [0.1, 0.15) is 0 Å². The Bertz CT molecular complexity index is 2840. The van der Waals surface area contributed by atoms with E-state index in [4.69, 9.17) is 0 Å². The number of benzene rings is 8. The molecule has 55 heavy (non-hydrogen) atoms. The van der Waals surface area contributed by atoms with Gasteiger partial charge in [-0.25, -0.2) is 0 Å². The van der Waals surface area contributed by atoms with Crippen LogP contribution in [0.25, 0.3) is 71.6 Å². The van der Waals surface area contributed by atoms with Crippen molar-refractivity contribution in [1.82, 2.24) is 0 Å². The van der Waals surface area contributed by atoms with Gasteiger partial charge in [0, 0.05) is 11.8 Å². The fourth-order valence-corrected chi connectivity index (χ4v) is 10.0. The van der Waals surface area contributed by atoms with Gasteiger partial charge in [0.05, 0.1) is 0 Å². The molecule has 1 fully saturated rings. The van der Waals surface area contributed by atoms with Gasteiger partial charge < -0.3 is 0 Å². The van der Waals surface area contributed by atoms with Gasteiger partial charge in [0.15, 0.2) is 0 Å². The fraction of sp³-hybridized carbons (Fsp3) is 0.127. The zero-order valence-corrected chi connectivity index (χ0v) is 31.2. The second-order valence-corrected chi connectivity index (χ2v) is 15.9. The highest BCUT2D eigenvalue weighted by molar-refractivity contribution is 6.14. The Morgan fingerprint density at radius 2 is 1.02 bits per heavy atom. The van der Waals surface area contributed by atoms with E-state index in [1.807, 2.05) is 0 Å². The van der Waals surface area contributed by atoms with E-state index in [0.29, 0.717) is 17.8 Å². The van der Waals surface area contributed by atoms with E-state index in [0.717, 1.165) is 0 Å². The first-order valence-corrected chi connectivity index (χ1v) is 20.0. The molecule has 11 rings (SSSR count). The molecule has 2 atom stereocenters. The van der Waals surface area contributed by atoms with Crippen molar-refractivity contribution in [2.75, 3.05) is 0 Å². The number of allylic oxidation sites excluding steroid dienone is 4. The van der Waals surface area contributed by atoms with E-state index in [9.17, 15) is 0 Å². The number of aryl methyl sites for hydroxylation is 1. The second-order valence-electron chi connectivity index (χ2n) is 15.9. The molecule has 0 N–H and O–H groups in total. The minimum atomic E-state index is 0.339. The largest absolute Gasteiger partial charge is 0.0755 e. The second kappa shape index (κ2) is 13.0. The first kappa shape index (κ1) is 32.2. The van der Waals surface area contributed by atoms with Gasteiger partial charge in [0.25, 0.3) is 0 Å². The first-order valence-electron chi connectivity index (χ1n) is 20.0. The first-order chi connectivity index (χ1) is 27.2. The molecule has 8 aromatic carbocycles. The van der Waals surface area contributed by atoms with Gasteiger partial charge in [-0.2, -0.15) is 0 Å². The Labute approximate surface area is 324 Å². The summed E-state index contributed by atoms with van der Waals surface area (Å²) < 4.78 is 0. The van der Waals surface area contributed by atoms with Gasteiger partial charge in [-0.1, -0.05) is 188 Å². The lowest BCUT2D eigenvalue weighted by molar-refractivity contribution is 0.421. The summed E-state index contributed by atoms with van der Waals surface area (Å²) in [5.41, 5.74) is 19.0. The molecule has 1 saturated carbocycles. The third kappa shape index (κ3) is 5.27.